The van der Waals surface area contributed by atoms with Crippen molar-refractivity contribution in [2.24, 2.45) is 0 Å². The molecule has 1 aliphatic carbocycles. The number of fused-ring (bicyclic) bond motifs is 1. The van der Waals surface area contributed by atoms with E-state index in [2.05, 4.69) is 29.1 Å². The van der Waals surface area contributed by atoms with Gasteiger partial charge < -0.3 is 19.9 Å². The average molecular weight is 489 g/mol. The van der Waals surface area contributed by atoms with E-state index in [1.54, 1.807) is 25.4 Å². The molecule has 1 fully saturated rings. The number of halogens is 3. The summed E-state index contributed by atoms with van der Waals surface area (Å²) in [5.41, 5.74) is 1.94. The Morgan fingerprint density at radius 2 is 1.94 bits per heavy atom. The predicted octanol–water partition coefficient (Wildman–Crippen LogP) is 5.41. The van der Waals surface area contributed by atoms with Crippen LogP contribution in [0.15, 0.2) is 48.7 Å². The quantitative estimate of drug-likeness (QED) is 0.467. The number of carbonyl (C=O) groups is 1. The molecule has 3 aromatic rings. The van der Waals surface area contributed by atoms with Crippen LogP contribution < -0.4 is 10.1 Å². The van der Waals surface area contributed by atoms with Gasteiger partial charge in [0.05, 0.1) is 18.1 Å². The topological polar surface area (TPSA) is 70.2 Å². The number of H-pyrrole nitrogens is 1. The van der Waals surface area contributed by atoms with Crippen LogP contribution >= 0.6 is 0 Å². The maximum atomic E-state index is 13.6. The van der Waals surface area contributed by atoms with Crippen LogP contribution in [0.4, 0.5) is 13.2 Å². The summed E-state index contributed by atoms with van der Waals surface area (Å²) in [6.07, 6.45) is -0.374. The molecule has 6 nitrogen and oxygen atoms in total. The summed E-state index contributed by atoms with van der Waals surface area (Å²) in [5.74, 6) is 0.108. The van der Waals surface area contributed by atoms with Crippen molar-refractivity contribution < 1.29 is 22.7 Å². The second-order valence-corrected chi connectivity index (χ2v) is 9.68. The molecule has 0 bridgehead atoms. The Balaban J connectivity index is 1.53. The SMILES string of the molecule is COc1ccc(C(C)(C)NC2CCC[C@H](N(CC(F)(F)F)C(=O)c3cc4ncccc4[nH]3)C2)cc1. The number of rotatable bonds is 7. The molecule has 0 saturated heterocycles. The first-order chi connectivity index (χ1) is 16.6. The number of ether oxygens (including phenoxy) is 1. The van der Waals surface area contributed by atoms with Crippen molar-refractivity contribution in [1.82, 2.24) is 20.2 Å². The number of carbonyl (C=O) groups excluding carboxylic acids is 1. The lowest BCUT2D eigenvalue weighted by molar-refractivity contribution is -0.146. The van der Waals surface area contributed by atoms with Crippen LogP contribution in [-0.2, 0) is 5.54 Å². The first kappa shape index (κ1) is 25.0. The van der Waals surface area contributed by atoms with Gasteiger partial charge in [-0.05, 0) is 75.4 Å². The smallest absolute Gasteiger partial charge is 0.406 e. The number of nitrogens with one attached hydrogen (secondary N) is 2. The third-order valence-corrected chi connectivity index (χ3v) is 6.69. The molecule has 2 N–H and O–H groups in total. The maximum absolute atomic E-state index is 13.6. The summed E-state index contributed by atoms with van der Waals surface area (Å²) in [5, 5.41) is 3.62. The number of methoxy groups -OCH3 is 1. The van der Waals surface area contributed by atoms with Crippen LogP contribution in [0.2, 0.25) is 0 Å². The van der Waals surface area contributed by atoms with Gasteiger partial charge >= 0.3 is 6.18 Å². The van der Waals surface area contributed by atoms with E-state index in [4.69, 9.17) is 4.74 Å². The number of alkyl halides is 3. The van der Waals surface area contributed by atoms with Crippen molar-refractivity contribution in [2.75, 3.05) is 13.7 Å². The minimum atomic E-state index is -4.50. The summed E-state index contributed by atoms with van der Waals surface area (Å²) in [4.78, 5) is 21.4. The Kier molecular flexibility index (Phi) is 7.07. The van der Waals surface area contributed by atoms with Gasteiger partial charge in [-0.2, -0.15) is 13.2 Å². The van der Waals surface area contributed by atoms with Gasteiger partial charge in [-0.3, -0.25) is 9.78 Å². The predicted molar refractivity (Wildman–Crippen MR) is 128 cm³/mol. The van der Waals surface area contributed by atoms with Gasteiger partial charge in [-0.15, -0.1) is 0 Å². The molecular formula is C26H31F3N4O2. The molecule has 4 rings (SSSR count). The van der Waals surface area contributed by atoms with Gasteiger partial charge in [-0.1, -0.05) is 12.1 Å². The molecule has 1 unspecified atom stereocenters. The molecular weight excluding hydrogens is 457 g/mol. The normalized spacial score (nSPS) is 19.0. The third kappa shape index (κ3) is 5.96. The van der Waals surface area contributed by atoms with Gasteiger partial charge in [-0.25, -0.2) is 0 Å². The van der Waals surface area contributed by atoms with E-state index in [9.17, 15) is 18.0 Å². The Bertz CT molecular complexity index is 1120. The van der Waals surface area contributed by atoms with Crippen LogP contribution in [0.5, 0.6) is 5.75 Å². The van der Waals surface area contributed by atoms with Crippen LogP contribution in [0.3, 0.4) is 0 Å². The van der Waals surface area contributed by atoms with E-state index >= 15 is 0 Å². The first-order valence-electron chi connectivity index (χ1n) is 11.8. The first-order valence-corrected chi connectivity index (χ1v) is 11.8. The zero-order valence-corrected chi connectivity index (χ0v) is 20.2. The van der Waals surface area contributed by atoms with Crippen LogP contribution in [0.25, 0.3) is 11.0 Å². The highest BCUT2D eigenvalue weighted by atomic mass is 19.4. The zero-order valence-electron chi connectivity index (χ0n) is 20.2. The molecule has 0 spiro atoms. The van der Waals surface area contributed by atoms with Gasteiger partial charge in [0, 0.05) is 23.8 Å². The maximum Gasteiger partial charge on any atom is 0.406 e. The molecule has 1 aromatic carbocycles. The van der Waals surface area contributed by atoms with E-state index in [1.165, 1.54) is 6.07 Å². The molecule has 188 valence electrons. The fourth-order valence-electron chi connectivity index (χ4n) is 4.97. The summed E-state index contributed by atoms with van der Waals surface area (Å²) in [6, 6.07) is 12.2. The largest absolute Gasteiger partial charge is 0.497 e. The van der Waals surface area contributed by atoms with E-state index in [1.807, 2.05) is 24.3 Å². The number of aromatic nitrogens is 2. The average Bonchev–Trinajstić information content (AvgIpc) is 3.26. The lowest BCUT2D eigenvalue weighted by Crippen LogP contribution is -2.52. The molecule has 9 heteroatoms. The summed E-state index contributed by atoms with van der Waals surface area (Å²) in [7, 11) is 1.61. The van der Waals surface area contributed by atoms with Crippen molar-refractivity contribution >= 4 is 16.9 Å². The highest BCUT2D eigenvalue weighted by Crippen LogP contribution is 2.31. The lowest BCUT2D eigenvalue weighted by Gasteiger charge is -2.41. The molecule has 35 heavy (non-hydrogen) atoms. The van der Waals surface area contributed by atoms with Crippen molar-refractivity contribution in [2.45, 2.75) is 63.3 Å². The molecule has 2 atom stereocenters. The minimum absolute atomic E-state index is 0.0289. The summed E-state index contributed by atoms with van der Waals surface area (Å²) in [6.45, 7) is 2.82. The molecule has 1 amide bonds. The zero-order chi connectivity index (χ0) is 25.2. The number of hydrogen-bond donors (Lipinski definition) is 2. The van der Waals surface area contributed by atoms with Gasteiger partial charge in [0.2, 0.25) is 0 Å². The Hall–Kier alpha value is -3.07. The molecule has 2 aromatic heterocycles. The number of nitrogens with zero attached hydrogens (tertiary/aromatic N) is 2. The van der Waals surface area contributed by atoms with Crippen LogP contribution in [-0.4, -0.2) is 52.7 Å². The van der Waals surface area contributed by atoms with Crippen LogP contribution in [0.1, 0.15) is 55.6 Å². The van der Waals surface area contributed by atoms with E-state index in [0.29, 0.717) is 23.9 Å². The Morgan fingerprint density at radius 3 is 2.60 bits per heavy atom. The Morgan fingerprint density at radius 1 is 1.20 bits per heavy atom. The number of aromatic amines is 1. The lowest BCUT2D eigenvalue weighted by atomic mass is 9.86. The van der Waals surface area contributed by atoms with Gasteiger partial charge in [0.15, 0.2) is 0 Å². The van der Waals surface area contributed by atoms with E-state index in [-0.39, 0.29) is 11.7 Å². The Labute approximate surface area is 202 Å². The third-order valence-electron chi connectivity index (χ3n) is 6.69. The monoisotopic (exact) mass is 488 g/mol. The summed E-state index contributed by atoms with van der Waals surface area (Å²) >= 11 is 0. The summed E-state index contributed by atoms with van der Waals surface area (Å²) < 4.78 is 45.9. The molecule has 1 saturated carbocycles. The highest BCUT2D eigenvalue weighted by molar-refractivity contribution is 5.97. The number of amides is 1. The van der Waals surface area contributed by atoms with Crippen molar-refractivity contribution in [3.8, 4) is 5.75 Å². The molecule has 0 radical (unpaired) electrons. The molecule has 0 aliphatic heterocycles. The van der Waals surface area contributed by atoms with Gasteiger partial charge in [0.1, 0.15) is 18.0 Å². The van der Waals surface area contributed by atoms with E-state index < -0.39 is 30.2 Å². The molecule has 2 heterocycles. The fraction of sp³-hybridized carbons (Fsp3) is 0.462. The van der Waals surface area contributed by atoms with Crippen molar-refractivity contribution in [3.05, 3.63) is 59.9 Å². The molecule has 1 aliphatic rings. The fourth-order valence-corrected chi connectivity index (χ4v) is 4.97. The van der Waals surface area contributed by atoms with Crippen molar-refractivity contribution in [1.29, 1.82) is 0 Å². The highest BCUT2D eigenvalue weighted by Gasteiger charge is 2.39. The number of pyridine rings is 1. The second-order valence-electron chi connectivity index (χ2n) is 9.68. The standard InChI is InChI=1S/C26H31F3N4O2/c1-25(2,17-9-11-20(35-3)12-10-17)32-18-6-4-7-19(14-18)33(16-26(27,28)29)24(34)23-15-22-21(31-23)8-5-13-30-22/h5,8-13,15,18-19,31-32H,4,6-7,14,16H2,1-3H3/t18?,19-/m0/s1. The number of benzene rings is 1. The van der Waals surface area contributed by atoms with Crippen molar-refractivity contribution in [3.63, 3.8) is 0 Å². The van der Waals surface area contributed by atoms with Gasteiger partial charge in [0.25, 0.3) is 5.91 Å². The second kappa shape index (κ2) is 9.89. The minimum Gasteiger partial charge on any atom is -0.497 e. The van der Waals surface area contributed by atoms with E-state index in [0.717, 1.165) is 29.1 Å². The number of hydrogen-bond acceptors (Lipinski definition) is 4. The van der Waals surface area contributed by atoms with Crippen LogP contribution in [0, 0.1) is 0 Å².